The Labute approximate surface area is 94.7 Å². The lowest BCUT2D eigenvalue weighted by molar-refractivity contribution is 0.776. The molecule has 2 aromatic rings. The van der Waals surface area contributed by atoms with Crippen LogP contribution in [0.5, 0.6) is 0 Å². The van der Waals surface area contributed by atoms with E-state index in [1.165, 1.54) is 6.33 Å². The summed E-state index contributed by atoms with van der Waals surface area (Å²) in [5.41, 5.74) is 1.64. The topological polar surface area (TPSA) is 47.8 Å². The van der Waals surface area contributed by atoms with Gasteiger partial charge < -0.3 is 0 Å². The van der Waals surface area contributed by atoms with Crippen molar-refractivity contribution in [1.82, 2.24) is 14.8 Å². The van der Waals surface area contributed by atoms with Crippen LogP contribution in [-0.4, -0.2) is 14.8 Å². The second-order valence-corrected chi connectivity index (χ2v) is 3.88. The number of halogens is 1. The SMILES string of the molecule is Cc1cccc(-n2cnc(=O)c(Br)n2)c1. The summed E-state index contributed by atoms with van der Waals surface area (Å²) in [5.74, 6) is 0. The van der Waals surface area contributed by atoms with Crippen molar-refractivity contribution in [3.05, 3.63) is 51.1 Å². The highest BCUT2D eigenvalue weighted by Gasteiger charge is 2.01. The minimum Gasteiger partial charge on any atom is -0.264 e. The molecule has 0 bridgehead atoms. The monoisotopic (exact) mass is 265 g/mol. The normalized spacial score (nSPS) is 10.3. The fourth-order valence-electron chi connectivity index (χ4n) is 1.22. The first-order valence-electron chi connectivity index (χ1n) is 4.35. The molecule has 1 heterocycles. The van der Waals surface area contributed by atoms with Crippen LogP contribution in [0.15, 0.2) is 40.0 Å². The Kier molecular flexibility index (Phi) is 2.64. The molecule has 0 spiro atoms. The van der Waals surface area contributed by atoms with E-state index in [1.54, 1.807) is 4.68 Å². The molecule has 15 heavy (non-hydrogen) atoms. The molecule has 0 aliphatic carbocycles. The van der Waals surface area contributed by atoms with E-state index in [9.17, 15) is 4.79 Å². The van der Waals surface area contributed by atoms with Crippen LogP contribution in [0, 0.1) is 6.92 Å². The zero-order valence-electron chi connectivity index (χ0n) is 8.01. The van der Waals surface area contributed by atoms with Crippen LogP contribution in [0.2, 0.25) is 0 Å². The molecular weight excluding hydrogens is 258 g/mol. The molecule has 0 amide bonds. The Bertz CT molecular complexity index is 550. The number of hydrogen-bond acceptors (Lipinski definition) is 3. The third kappa shape index (κ3) is 2.12. The average molecular weight is 266 g/mol. The molecular formula is C10H8BrN3O. The van der Waals surface area contributed by atoms with Gasteiger partial charge in [-0.2, -0.15) is 10.1 Å². The zero-order valence-corrected chi connectivity index (χ0v) is 9.60. The van der Waals surface area contributed by atoms with E-state index in [1.807, 2.05) is 31.2 Å². The number of rotatable bonds is 1. The van der Waals surface area contributed by atoms with E-state index in [-0.39, 0.29) is 10.2 Å². The maximum Gasteiger partial charge on any atom is 0.306 e. The second-order valence-electron chi connectivity index (χ2n) is 3.12. The highest BCUT2D eigenvalue weighted by Crippen LogP contribution is 2.08. The number of hydrogen-bond donors (Lipinski definition) is 0. The van der Waals surface area contributed by atoms with Crippen LogP contribution in [0.25, 0.3) is 5.69 Å². The van der Waals surface area contributed by atoms with Crippen molar-refractivity contribution in [2.24, 2.45) is 0 Å². The zero-order chi connectivity index (χ0) is 10.8. The molecule has 4 nitrogen and oxygen atoms in total. The maximum absolute atomic E-state index is 11.0. The Morgan fingerprint density at radius 1 is 1.40 bits per heavy atom. The summed E-state index contributed by atoms with van der Waals surface area (Å²) in [6.45, 7) is 1.99. The van der Waals surface area contributed by atoms with Crippen molar-refractivity contribution >= 4 is 15.9 Å². The summed E-state index contributed by atoms with van der Waals surface area (Å²) in [4.78, 5) is 14.7. The van der Waals surface area contributed by atoms with Crippen molar-refractivity contribution in [3.63, 3.8) is 0 Å². The molecule has 0 radical (unpaired) electrons. The molecule has 1 aromatic heterocycles. The lowest BCUT2D eigenvalue weighted by Gasteiger charge is -2.04. The van der Waals surface area contributed by atoms with Crippen LogP contribution in [-0.2, 0) is 0 Å². The van der Waals surface area contributed by atoms with Crippen molar-refractivity contribution in [3.8, 4) is 5.69 Å². The summed E-state index contributed by atoms with van der Waals surface area (Å²) < 4.78 is 1.77. The van der Waals surface area contributed by atoms with E-state index in [4.69, 9.17) is 0 Å². The summed E-state index contributed by atoms with van der Waals surface area (Å²) >= 11 is 3.05. The van der Waals surface area contributed by atoms with Gasteiger partial charge in [-0.25, -0.2) is 4.68 Å². The second kappa shape index (κ2) is 3.94. The Hall–Kier alpha value is -1.49. The van der Waals surface area contributed by atoms with Gasteiger partial charge in [0.15, 0.2) is 4.60 Å². The van der Waals surface area contributed by atoms with Gasteiger partial charge in [0.1, 0.15) is 6.33 Å². The number of benzene rings is 1. The standard InChI is InChI=1S/C10H8BrN3O/c1-7-3-2-4-8(5-7)14-6-12-10(15)9(11)13-14/h2-6H,1H3. The van der Waals surface area contributed by atoms with Gasteiger partial charge in [-0.05, 0) is 40.5 Å². The summed E-state index contributed by atoms with van der Waals surface area (Å²) in [6.07, 6.45) is 1.40. The first-order chi connectivity index (χ1) is 7.16. The summed E-state index contributed by atoms with van der Waals surface area (Å²) in [6, 6.07) is 7.79. The lowest BCUT2D eigenvalue weighted by atomic mass is 10.2. The third-order valence-electron chi connectivity index (χ3n) is 1.92. The van der Waals surface area contributed by atoms with Crippen molar-refractivity contribution < 1.29 is 0 Å². The summed E-state index contributed by atoms with van der Waals surface area (Å²) in [7, 11) is 0. The molecule has 0 saturated carbocycles. The van der Waals surface area contributed by atoms with E-state index >= 15 is 0 Å². The molecule has 0 fully saturated rings. The van der Waals surface area contributed by atoms with Gasteiger partial charge >= 0.3 is 5.56 Å². The van der Waals surface area contributed by atoms with Gasteiger partial charge in [-0.1, -0.05) is 12.1 Å². The molecule has 0 saturated heterocycles. The fraction of sp³-hybridized carbons (Fsp3) is 0.100. The van der Waals surface area contributed by atoms with Crippen LogP contribution in [0.1, 0.15) is 5.56 Å². The van der Waals surface area contributed by atoms with Crippen molar-refractivity contribution in [2.75, 3.05) is 0 Å². The van der Waals surface area contributed by atoms with Gasteiger partial charge in [0.25, 0.3) is 0 Å². The van der Waals surface area contributed by atoms with Crippen LogP contribution >= 0.6 is 15.9 Å². The molecule has 0 unspecified atom stereocenters. The minimum absolute atomic E-state index is 0.214. The van der Waals surface area contributed by atoms with Crippen molar-refractivity contribution in [1.29, 1.82) is 0 Å². The minimum atomic E-state index is -0.362. The Morgan fingerprint density at radius 3 is 2.87 bits per heavy atom. The number of aromatic nitrogens is 3. The van der Waals surface area contributed by atoms with Crippen LogP contribution in [0.3, 0.4) is 0 Å². The average Bonchev–Trinajstić information content (AvgIpc) is 2.22. The van der Waals surface area contributed by atoms with Gasteiger partial charge in [-0.15, -0.1) is 0 Å². The smallest absolute Gasteiger partial charge is 0.264 e. The van der Waals surface area contributed by atoms with Gasteiger partial charge in [0.2, 0.25) is 0 Å². The van der Waals surface area contributed by atoms with Crippen LogP contribution in [0.4, 0.5) is 0 Å². The predicted octanol–water partition coefficient (Wildman–Crippen LogP) is 1.70. The lowest BCUT2D eigenvalue weighted by Crippen LogP contribution is -2.14. The van der Waals surface area contributed by atoms with E-state index < -0.39 is 0 Å². The molecule has 5 heteroatoms. The van der Waals surface area contributed by atoms with Crippen LogP contribution < -0.4 is 5.56 Å². The third-order valence-corrected chi connectivity index (χ3v) is 2.42. The molecule has 76 valence electrons. The molecule has 2 rings (SSSR count). The van der Waals surface area contributed by atoms with E-state index in [0.717, 1.165) is 11.3 Å². The summed E-state index contributed by atoms with van der Waals surface area (Å²) in [5, 5.41) is 4.04. The van der Waals surface area contributed by atoms with E-state index in [2.05, 4.69) is 26.0 Å². The number of nitrogens with zero attached hydrogens (tertiary/aromatic N) is 3. The first kappa shape index (κ1) is 10.0. The Balaban J connectivity index is 2.55. The van der Waals surface area contributed by atoms with Gasteiger partial charge in [-0.3, -0.25) is 4.79 Å². The Morgan fingerprint density at radius 2 is 2.20 bits per heavy atom. The number of aryl methyl sites for hydroxylation is 1. The molecule has 0 atom stereocenters. The van der Waals surface area contributed by atoms with Gasteiger partial charge in [0, 0.05) is 0 Å². The maximum atomic E-state index is 11.0. The molecule has 0 aliphatic heterocycles. The predicted molar refractivity (Wildman–Crippen MR) is 60.1 cm³/mol. The molecule has 1 aromatic carbocycles. The van der Waals surface area contributed by atoms with Gasteiger partial charge in [0.05, 0.1) is 5.69 Å². The highest BCUT2D eigenvalue weighted by molar-refractivity contribution is 9.10. The largest absolute Gasteiger partial charge is 0.306 e. The van der Waals surface area contributed by atoms with E-state index in [0.29, 0.717) is 0 Å². The quantitative estimate of drug-likeness (QED) is 0.789. The highest BCUT2D eigenvalue weighted by atomic mass is 79.9. The molecule has 0 aliphatic rings. The first-order valence-corrected chi connectivity index (χ1v) is 5.14. The molecule has 0 N–H and O–H groups in total. The fourth-order valence-corrected chi connectivity index (χ4v) is 1.49. The van der Waals surface area contributed by atoms with Crippen molar-refractivity contribution in [2.45, 2.75) is 6.92 Å².